The number of nitrogens with one attached hydrogen (secondary N) is 1. The minimum absolute atomic E-state index is 0.399. The molecule has 0 radical (unpaired) electrons. The van der Waals surface area contributed by atoms with Crippen LogP contribution in [0.3, 0.4) is 0 Å². The number of nitrogens with zero attached hydrogens (tertiary/aromatic N) is 1. The van der Waals surface area contributed by atoms with E-state index in [2.05, 4.69) is 23.4 Å². The molecule has 1 atom stereocenters. The molecule has 1 unspecified atom stereocenters. The highest BCUT2D eigenvalue weighted by molar-refractivity contribution is 5.41. The van der Waals surface area contributed by atoms with Gasteiger partial charge in [-0.05, 0) is 37.8 Å². The first-order chi connectivity index (χ1) is 9.72. The lowest BCUT2D eigenvalue weighted by molar-refractivity contribution is 0.132. The van der Waals surface area contributed by atoms with Crippen molar-refractivity contribution >= 4 is 0 Å². The van der Waals surface area contributed by atoms with Crippen LogP contribution in [0.15, 0.2) is 18.2 Å². The Morgan fingerprint density at radius 2 is 1.90 bits per heavy atom. The fraction of sp³-hybridized carbons (Fsp3) is 0.625. The van der Waals surface area contributed by atoms with Gasteiger partial charge >= 0.3 is 0 Å². The van der Waals surface area contributed by atoms with Gasteiger partial charge in [0.2, 0.25) is 0 Å². The fourth-order valence-electron chi connectivity index (χ4n) is 2.73. The molecule has 1 aromatic carbocycles. The summed E-state index contributed by atoms with van der Waals surface area (Å²) < 4.78 is 10.7. The average molecular weight is 278 g/mol. The highest BCUT2D eigenvalue weighted by Crippen LogP contribution is 2.25. The van der Waals surface area contributed by atoms with Gasteiger partial charge in [0.05, 0.1) is 14.2 Å². The van der Waals surface area contributed by atoms with Gasteiger partial charge in [-0.25, -0.2) is 5.01 Å². The second-order valence-electron chi connectivity index (χ2n) is 5.46. The molecule has 0 amide bonds. The molecule has 0 saturated carbocycles. The van der Waals surface area contributed by atoms with Crippen molar-refractivity contribution in [3.63, 3.8) is 0 Å². The standard InChI is InChI=1S/C16H26N2O2/c1-13(17-18-9-5-4-6-10-18)11-14-7-8-15(19-2)12-16(14)20-3/h7-8,12-13,17H,4-6,9-11H2,1-3H3. The van der Waals surface area contributed by atoms with E-state index in [9.17, 15) is 0 Å². The van der Waals surface area contributed by atoms with Crippen molar-refractivity contribution in [2.24, 2.45) is 0 Å². The van der Waals surface area contributed by atoms with E-state index in [4.69, 9.17) is 9.47 Å². The van der Waals surface area contributed by atoms with E-state index >= 15 is 0 Å². The molecule has 2 rings (SSSR count). The van der Waals surface area contributed by atoms with Gasteiger partial charge in [0.15, 0.2) is 0 Å². The van der Waals surface area contributed by atoms with Gasteiger partial charge in [-0.15, -0.1) is 0 Å². The lowest BCUT2D eigenvalue weighted by Crippen LogP contribution is -2.46. The van der Waals surface area contributed by atoms with E-state index in [1.807, 2.05) is 12.1 Å². The van der Waals surface area contributed by atoms with Gasteiger partial charge in [-0.2, -0.15) is 0 Å². The fourth-order valence-corrected chi connectivity index (χ4v) is 2.73. The van der Waals surface area contributed by atoms with Crippen molar-refractivity contribution in [1.82, 2.24) is 10.4 Å². The summed E-state index contributed by atoms with van der Waals surface area (Å²) >= 11 is 0. The molecule has 0 spiro atoms. The summed E-state index contributed by atoms with van der Waals surface area (Å²) in [5.41, 5.74) is 4.81. The Bertz CT molecular complexity index is 417. The second kappa shape index (κ2) is 7.50. The number of benzene rings is 1. The number of methoxy groups -OCH3 is 2. The number of rotatable bonds is 6. The minimum atomic E-state index is 0.399. The zero-order chi connectivity index (χ0) is 14.4. The molecular weight excluding hydrogens is 252 g/mol. The highest BCUT2D eigenvalue weighted by Gasteiger charge is 2.14. The predicted octanol–water partition coefficient (Wildman–Crippen LogP) is 2.63. The largest absolute Gasteiger partial charge is 0.497 e. The molecule has 1 fully saturated rings. The summed E-state index contributed by atoms with van der Waals surface area (Å²) in [4.78, 5) is 0. The number of hydrazine groups is 1. The highest BCUT2D eigenvalue weighted by atomic mass is 16.5. The Balaban J connectivity index is 1.94. The molecule has 1 heterocycles. The van der Waals surface area contributed by atoms with E-state index < -0.39 is 0 Å². The summed E-state index contributed by atoms with van der Waals surface area (Å²) in [5.74, 6) is 1.74. The van der Waals surface area contributed by atoms with Crippen LogP contribution in [-0.2, 0) is 6.42 Å². The zero-order valence-corrected chi connectivity index (χ0v) is 12.8. The third-order valence-electron chi connectivity index (χ3n) is 3.78. The van der Waals surface area contributed by atoms with Crippen LogP contribution in [0.2, 0.25) is 0 Å². The van der Waals surface area contributed by atoms with Crippen LogP contribution in [-0.4, -0.2) is 38.4 Å². The number of piperidine rings is 1. The monoisotopic (exact) mass is 278 g/mol. The molecule has 0 aliphatic carbocycles. The van der Waals surface area contributed by atoms with Crippen molar-refractivity contribution in [2.75, 3.05) is 27.3 Å². The van der Waals surface area contributed by atoms with Crippen LogP contribution in [0.5, 0.6) is 11.5 Å². The van der Waals surface area contributed by atoms with Crippen molar-refractivity contribution in [3.8, 4) is 11.5 Å². The van der Waals surface area contributed by atoms with Gasteiger partial charge in [-0.3, -0.25) is 5.43 Å². The van der Waals surface area contributed by atoms with Crippen LogP contribution in [0.4, 0.5) is 0 Å². The molecule has 20 heavy (non-hydrogen) atoms. The molecule has 0 bridgehead atoms. The van der Waals surface area contributed by atoms with Crippen LogP contribution in [0.25, 0.3) is 0 Å². The Labute approximate surface area is 122 Å². The van der Waals surface area contributed by atoms with Gasteiger partial charge in [-0.1, -0.05) is 12.5 Å². The molecule has 4 nitrogen and oxygen atoms in total. The van der Waals surface area contributed by atoms with Crippen LogP contribution in [0, 0.1) is 0 Å². The lowest BCUT2D eigenvalue weighted by atomic mass is 10.1. The van der Waals surface area contributed by atoms with E-state index in [1.54, 1.807) is 14.2 Å². The average Bonchev–Trinajstić information content (AvgIpc) is 2.48. The van der Waals surface area contributed by atoms with E-state index in [-0.39, 0.29) is 0 Å². The smallest absolute Gasteiger partial charge is 0.125 e. The van der Waals surface area contributed by atoms with Gasteiger partial charge < -0.3 is 9.47 Å². The summed E-state index contributed by atoms with van der Waals surface area (Å²) in [7, 11) is 3.38. The molecule has 0 aromatic heterocycles. The van der Waals surface area contributed by atoms with Gasteiger partial charge in [0, 0.05) is 25.2 Å². The topological polar surface area (TPSA) is 33.7 Å². The summed E-state index contributed by atoms with van der Waals surface area (Å²) in [6.07, 6.45) is 4.90. The van der Waals surface area contributed by atoms with Crippen molar-refractivity contribution < 1.29 is 9.47 Å². The van der Waals surface area contributed by atoms with Crippen molar-refractivity contribution in [1.29, 1.82) is 0 Å². The Morgan fingerprint density at radius 3 is 2.55 bits per heavy atom. The first-order valence-corrected chi connectivity index (χ1v) is 7.45. The van der Waals surface area contributed by atoms with E-state index in [0.717, 1.165) is 31.0 Å². The first-order valence-electron chi connectivity index (χ1n) is 7.45. The summed E-state index contributed by atoms with van der Waals surface area (Å²) in [5, 5.41) is 2.35. The predicted molar refractivity (Wildman–Crippen MR) is 81.3 cm³/mol. The Morgan fingerprint density at radius 1 is 1.15 bits per heavy atom. The van der Waals surface area contributed by atoms with Gasteiger partial charge in [0.1, 0.15) is 11.5 Å². The summed E-state index contributed by atoms with van der Waals surface area (Å²) in [6, 6.07) is 6.43. The van der Waals surface area contributed by atoms with Crippen LogP contribution < -0.4 is 14.9 Å². The maximum Gasteiger partial charge on any atom is 0.125 e. The third-order valence-corrected chi connectivity index (χ3v) is 3.78. The number of hydrogen-bond acceptors (Lipinski definition) is 4. The van der Waals surface area contributed by atoms with Crippen LogP contribution >= 0.6 is 0 Å². The van der Waals surface area contributed by atoms with Crippen LogP contribution in [0.1, 0.15) is 31.7 Å². The maximum absolute atomic E-state index is 5.46. The van der Waals surface area contributed by atoms with E-state index in [1.165, 1.54) is 24.8 Å². The molecule has 1 saturated heterocycles. The van der Waals surface area contributed by atoms with Crippen molar-refractivity contribution in [2.45, 2.75) is 38.6 Å². The van der Waals surface area contributed by atoms with Gasteiger partial charge in [0.25, 0.3) is 0 Å². The third kappa shape index (κ3) is 4.12. The Hall–Kier alpha value is -1.26. The quantitative estimate of drug-likeness (QED) is 0.867. The second-order valence-corrected chi connectivity index (χ2v) is 5.46. The molecule has 1 aliphatic heterocycles. The minimum Gasteiger partial charge on any atom is -0.497 e. The molecular formula is C16H26N2O2. The first kappa shape index (κ1) is 15.1. The molecule has 112 valence electrons. The maximum atomic E-state index is 5.46. The zero-order valence-electron chi connectivity index (χ0n) is 12.8. The molecule has 4 heteroatoms. The SMILES string of the molecule is COc1ccc(CC(C)NN2CCCCC2)c(OC)c1. The molecule has 1 N–H and O–H groups in total. The van der Waals surface area contributed by atoms with E-state index in [0.29, 0.717) is 6.04 Å². The molecule has 1 aliphatic rings. The Kier molecular flexibility index (Phi) is 5.68. The molecule has 1 aromatic rings. The number of ether oxygens (including phenoxy) is 2. The normalized spacial score (nSPS) is 17.8. The summed E-state index contributed by atoms with van der Waals surface area (Å²) in [6.45, 7) is 4.53. The van der Waals surface area contributed by atoms with Crippen molar-refractivity contribution in [3.05, 3.63) is 23.8 Å². The lowest BCUT2D eigenvalue weighted by Gasteiger charge is -2.30. The number of hydrogen-bond donors (Lipinski definition) is 1.